The topological polar surface area (TPSA) is 37.3 Å². The summed E-state index contributed by atoms with van der Waals surface area (Å²) in [7, 11) is 0. The Hall–Kier alpha value is -0.180. The fourth-order valence-corrected chi connectivity index (χ4v) is 3.67. The van der Waals surface area contributed by atoms with Gasteiger partial charge in [0.2, 0.25) is 0 Å². The van der Waals surface area contributed by atoms with Crippen molar-refractivity contribution in [3.63, 3.8) is 0 Å². The van der Waals surface area contributed by atoms with Gasteiger partial charge in [0.1, 0.15) is 0 Å². The molecule has 2 atom stereocenters. The van der Waals surface area contributed by atoms with Gasteiger partial charge in [0, 0.05) is 0 Å². The van der Waals surface area contributed by atoms with E-state index in [4.69, 9.17) is 5.11 Å². The van der Waals surface area contributed by atoms with Crippen molar-refractivity contribution < 1.29 is 9.90 Å². The van der Waals surface area contributed by atoms with Gasteiger partial charge in [-0.15, -0.1) is 0 Å². The minimum Gasteiger partial charge on any atom is -0.481 e. The smallest absolute Gasteiger partial charge is 0.307 e. The predicted octanol–water partition coefficient (Wildman–Crippen LogP) is 2.24. The van der Waals surface area contributed by atoms with Crippen molar-refractivity contribution in [2.24, 2.45) is 17.3 Å². The quantitative estimate of drug-likeness (QED) is 0.742. The molecule has 0 aromatic heterocycles. The molecule has 0 unspecified atom stereocenters. The van der Waals surface area contributed by atoms with Gasteiger partial charge < -0.3 is 5.11 Å². The van der Waals surface area contributed by atoms with Crippen molar-refractivity contribution in [1.82, 2.24) is 0 Å². The van der Waals surface area contributed by atoms with E-state index in [1.807, 2.05) is 11.8 Å². The number of rotatable bonds is 2. The minimum absolute atomic E-state index is 0.0411. The Morgan fingerprint density at radius 2 is 2.08 bits per heavy atom. The summed E-state index contributed by atoms with van der Waals surface area (Å²) in [5.74, 6) is 2.51. The van der Waals surface area contributed by atoms with E-state index in [9.17, 15) is 4.79 Å². The molecule has 0 spiro atoms. The highest BCUT2D eigenvalue weighted by Gasteiger charge is 2.58. The summed E-state index contributed by atoms with van der Waals surface area (Å²) in [4.78, 5) is 10.8. The molecule has 1 heterocycles. The molecule has 0 aromatic carbocycles. The number of carbonyl (C=O) groups is 1. The SMILES string of the molecule is C[C@]1(C2CCSCC2)C[C@@H]1C(=O)O. The summed E-state index contributed by atoms with van der Waals surface area (Å²) in [5, 5.41) is 8.91. The van der Waals surface area contributed by atoms with Gasteiger partial charge in [0.25, 0.3) is 0 Å². The van der Waals surface area contributed by atoms with Crippen LogP contribution in [-0.2, 0) is 4.79 Å². The van der Waals surface area contributed by atoms with Crippen molar-refractivity contribution in [3.05, 3.63) is 0 Å². The second kappa shape index (κ2) is 3.19. The van der Waals surface area contributed by atoms with Gasteiger partial charge in [-0.25, -0.2) is 0 Å². The molecule has 1 saturated carbocycles. The second-order valence-electron chi connectivity index (χ2n) is 4.49. The van der Waals surface area contributed by atoms with Crippen molar-refractivity contribution in [3.8, 4) is 0 Å². The first-order valence-electron chi connectivity index (χ1n) is 4.95. The van der Waals surface area contributed by atoms with Gasteiger partial charge in [-0.1, -0.05) is 6.92 Å². The minimum atomic E-state index is -0.583. The Bertz CT molecular complexity index is 223. The summed E-state index contributed by atoms with van der Waals surface area (Å²) in [5.41, 5.74) is 0.146. The van der Waals surface area contributed by atoms with E-state index in [0.717, 1.165) is 6.42 Å². The molecule has 1 aliphatic heterocycles. The molecule has 3 heteroatoms. The lowest BCUT2D eigenvalue weighted by atomic mass is 9.84. The fourth-order valence-electron chi connectivity index (χ4n) is 2.56. The lowest BCUT2D eigenvalue weighted by molar-refractivity contribution is -0.139. The van der Waals surface area contributed by atoms with Gasteiger partial charge in [-0.05, 0) is 42.1 Å². The van der Waals surface area contributed by atoms with Crippen molar-refractivity contribution in [1.29, 1.82) is 0 Å². The Balaban J connectivity index is 1.97. The first-order chi connectivity index (χ1) is 6.14. The molecular weight excluding hydrogens is 184 g/mol. The van der Waals surface area contributed by atoms with Crippen LogP contribution in [0, 0.1) is 17.3 Å². The molecule has 2 aliphatic rings. The summed E-state index contributed by atoms with van der Waals surface area (Å²) in [6.07, 6.45) is 3.37. The summed E-state index contributed by atoms with van der Waals surface area (Å²) < 4.78 is 0. The van der Waals surface area contributed by atoms with Crippen LogP contribution in [0.4, 0.5) is 0 Å². The van der Waals surface area contributed by atoms with Crippen LogP contribution >= 0.6 is 11.8 Å². The number of aliphatic carboxylic acids is 1. The van der Waals surface area contributed by atoms with Gasteiger partial charge >= 0.3 is 5.97 Å². The highest BCUT2D eigenvalue weighted by molar-refractivity contribution is 7.99. The summed E-state index contributed by atoms with van der Waals surface area (Å²) in [6.45, 7) is 2.16. The monoisotopic (exact) mass is 200 g/mol. The maximum Gasteiger partial charge on any atom is 0.307 e. The Morgan fingerprint density at radius 1 is 1.46 bits per heavy atom. The van der Waals surface area contributed by atoms with Crippen LogP contribution in [0.2, 0.25) is 0 Å². The molecule has 0 bridgehead atoms. The van der Waals surface area contributed by atoms with Crippen LogP contribution < -0.4 is 0 Å². The molecule has 2 nitrogen and oxygen atoms in total. The maximum atomic E-state index is 10.8. The molecular formula is C10H16O2S. The molecule has 13 heavy (non-hydrogen) atoms. The predicted molar refractivity (Wildman–Crippen MR) is 53.9 cm³/mol. The average Bonchev–Trinajstić information content (AvgIpc) is 2.82. The Labute approximate surface area is 83.1 Å². The van der Waals surface area contributed by atoms with Crippen LogP contribution in [0.1, 0.15) is 26.2 Å². The number of carboxylic acids is 1. The number of hydrogen-bond acceptors (Lipinski definition) is 2. The van der Waals surface area contributed by atoms with E-state index in [1.54, 1.807) is 0 Å². The number of thioether (sulfide) groups is 1. The third-order valence-corrected chi connectivity index (χ3v) is 4.78. The van der Waals surface area contributed by atoms with Crippen LogP contribution in [0.15, 0.2) is 0 Å². The molecule has 1 saturated heterocycles. The van der Waals surface area contributed by atoms with Crippen molar-refractivity contribution >= 4 is 17.7 Å². The molecule has 0 aromatic rings. The van der Waals surface area contributed by atoms with Gasteiger partial charge in [-0.2, -0.15) is 11.8 Å². The second-order valence-corrected chi connectivity index (χ2v) is 5.71. The van der Waals surface area contributed by atoms with Crippen LogP contribution in [0.5, 0.6) is 0 Å². The molecule has 0 radical (unpaired) electrons. The molecule has 0 amide bonds. The lowest BCUT2D eigenvalue weighted by Gasteiger charge is -2.27. The maximum absolute atomic E-state index is 10.8. The van der Waals surface area contributed by atoms with Gasteiger partial charge in [-0.3, -0.25) is 4.79 Å². The standard InChI is InChI=1S/C10H16O2S/c1-10(6-8(10)9(11)12)7-2-4-13-5-3-7/h7-8H,2-6H2,1H3,(H,11,12)/t8-,10-/m1/s1. The zero-order chi connectivity index (χ0) is 9.47. The van der Waals surface area contributed by atoms with Gasteiger partial charge in [0.05, 0.1) is 5.92 Å². The van der Waals surface area contributed by atoms with E-state index >= 15 is 0 Å². The van der Waals surface area contributed by atoms with E-state index in [-0.39, 0.29) is 11.3 Å². The van der Waals surface area contributed by atoms with Gasteiger partial charge in [0.15, 0.2) is 0 Å². The van der Waals surface area contributed by atoms with E-state index in [1.165, 1.54) is 24.3 Å². The van der Waals surface area contributed by atoms with Crippen LogP contribution in [0.3, 0.4) is 0 Å². The fraction of sp³-hybridized carbons (Fsp3) is 0.900. The lowest BCUT2D eigenvalue weighted by Crippen LogP contribution is -2.22. The van der Waals surface area contributed by atoms with E-state index in [0.29, 0.717) is 5.92 Å². The summed E-state index contributed by atoms with van der Waals surface area (Å²) >= 11 is 2.00. The van der Waals surface area contributed by atoms with Crippen molar-refractivity contribution in [2.75, 3.05) is 11.5 Å². The highest BCUT2D eigenvalue weighted by atomic mass is 32.2. The van der Waals surface area contributed by atoms with E-state index in [2.05, 4.69) is 6.92 Å². The Kier molecular flexibility index (Phi) is 2.30. The molecule has 2 fully saturated rings. The van der Waals surface area contributed by atoms with E-state index < -0.39 is 5.97 Å². The third-order valence-electron chi connectivity index (χ3n) is 3.73. The first-order valence-corrected chi connectivity index (χ1v) is 6.10. The normalized spacial score (nSPS) is 40.2. The zero-order valence-electron chi connectivity index (χ0n) is 7.95. The largest absolute Gasteiger partial charge is 0.481 e. The molecule has 1 N–H and O–H groups in total. The third kappa shape index (κ3) is 1.58. The number of carboxylic acid groups (broad SMARTS) is 1. The first kappa shape index (κ1) is 9.38. The highest BCUT2D eigenvalue weighted by Crippen LogP contribution is 2.60. The Morgan fingerprint density at radius 3 is 2.54 bits per heavy atom. The number of hydrogen-bond donors (Lipinski definition) is 1. The van der Waals surface area contributed by atoms with Crippen LogP contribution in [0.25, 0.3) is 0 Å². The van der Waals surface area contributed by atoms with Crippen molar-refractivity contribution in [2.45, 2.75) is 26.2 Å². The molecule has 74 valence electrons. The average molecular weight is 200 g/mol. The molecule has 2 rings (SSSR count). The zero-order valence-corrected chi connectivity index (χ0v) is 8.77. The van der Waals surface area contributed by atoms with Crippen LogP contribution in [-0.4, -0.2) is 22.6 Å². The summed E-state index contributed by atoms with van der Waals surface area (Å²) in [6, 6.07) is 0. The molecule has 1 aliphatic carbocycles.